The van der Waals surface area contributed by atoms with Crippen molar-refractivity contribution in [1.29, 1.82) is 0 Å². The topological polar surface area (TPSA) is 130 Å². The van der Waals surface area contributed by atoms with E-state index in [-0.39, 0.29) is 5.95 Å². The molecular weight excluding hydrogens is 484 g/mol. The predicted octanol–water partition coefficient (Wildman–Crippen LogP) is 2.85. The lowest BCUT2D eigenvalue weighted by atomic mass is 10.1. The fraction of sp³-hybridized carbons (Fsp3) is 0.429. The first-order chi connectivity index (χ1) is 16.2. The van der Waals surface area contributed by atoms with Crippen LogP contribution in [0.25, 0.3) is 5.69 Å². The first kappa shape index (κ1) is 25.7. The van der Waals surface area contributed by atoms with Crippen molar-refractivity contribution in [2.75, 3.05) is 32.7 Å². The molecule has 0 aliphatic heterocycles. The van der Waals surface area contributed by atoms with Crippen molar-refractivity contribution in [3.63, 3.8) is 0 Å². The van der Waals surface area contributed by atoms with Crippen molar-refractivity contribution in [3.05, 3.63) is 47.3 Å². The van der Waals surface area contributed by atoms with Gasteiger partial charge in [0.25, 0.3) is 0 Å². The van der Waals surface area contributed by atoms with Crippen LogP contribution in [0.2, 0.25) is 5.02 Å². The number of hydrogen-bond acceptors (Lipinski definition) is 9. The van der Waals surface area contributed by atoms with Crippen molar-refractivity contribution >= 4 is 27.6 Å². The number of ether oxygens (including phenoxy) is 3. The molecule has 13 heteroatoms. The smallest absolute Gasteiger partial charge is 0.243 e. The summed E-state index contributed by atoms with van der Waals surface area (Å²) >= 11 is 5.85. The molecule has 3 aromatic rings. The highest BCUT2D eigenvalue weighted by Crippen LogP contribution is 2.35. The number of aromatic nitrogens is 5. The molecule has 2 heterocycles. The average molecular weight is 511 g/mol. The largest absolute Gasteiger partial charge is 0.494 e. The summed E-state index contributed by atoms with van der Waals surface area (Å²) < 4.78 is 47.0. The number of nitrogens with zero attached hydrogens (tertiary/aromatic N) is 5. The number of anilines is 1. The zero-order valence-electron chi connectivity index (χ0n) is 19.5. The van der Waals surface area contributed by atoms with Gasteiger partial charge in [-0.15, -0.1) is 10.2 Å². The molecule has 0 amide bonds. The minimum Gasteiger partial charge on any atom is -0.494 e. The third-order valence-corrected chi connectivity index (χ3v) is 7.41. The van der Waals surface area contributed by atoms with Crippen LogP contribution in [0.15, 0.2) is 30.6 Å². The minimum atomic E-state index is -3.95. The van der Waals surface area contributed by atoms with E-state index in [1.807, 2.05) is 0 Å². The van der Waals surface area contributed by atoms with Crippen LogP contribution in [-0.2, 0) is 21.2 Å². The Morgan fingerprint density at radius 1 is 1.06 bits per heavy atom. The molecule has 2 aromatic heterocycles. The van der Waals surface area contributed by atoms with E-state index in [4.69, 9.17) is 25.8 Å². The summed E-state index contributed by atoms with van der Waals surface area (Å²) in [4.78, 5) is 8.31. The second-order valence-electron chi connectivity index (χ2n) is 7.43. The molecular formula is C21H27ClN6O5S. The normalized spacial score (nSPS) is 13.4. The van der Waals surface area contributed by atoms with E-state index in [0.29, 0.717) is 46.9 Å². The Morgan fingerprint density at radius 3 is 2.24 bits per heavy atom. The summed E-state index contributed by atoms with van der Waals surface area (Å²) in [6.07, 6.45) is 3.23. The van der Waals surface area contributed by atoms with Gasteiger partial charge in [-0.2, -0.15) is 0 Å². The highest BCUT2D eigenvalue weighted by atomic mass is 35.5. The standard InChI is InChI=1S/C21H27ClN6O5S/c1-13(20-23-11-15(22)12-24-20)14(2)34(29,30)27-21-26-25-18(9-10-31-3)28(21)19-16(32-4)7-6-8-17(19)33-5/h6-8,11-14H,9-10H2,1-5H3,(H,26,27). The average Bonchev–Trinajstić information content (AvgIpc) is 3.22. The number of methoxy groups -OCH3 is 3. The van der Waals surface area contributed by atoms with Gasteiger partial charge >= 0.3 is 0 Å². The molecule has 0 aliphatic rings. The van der Waals surface area contributed by atoms with Crippen LogP contribution in [0.4, 0.5) is 5.95 Å². The molecule has 2 atom stereocenters. The van der Waals surface area contributed by atoms with Gasteiger partial charge < -0.3 is 14.2 Å². The minimum absolute atomic E-state index is 0.00928. The Balaban J connectivity index is 2.04. The lowest BCUT2D eigenvalue weighted by molar-refractivity contribution is 0.200. The molecule has 0 saturated heterocycles. The van der Waals surface area contributed by atoms with Gasteiger partial charge in [0.15, 0.2) is 0 Å². The number of hydrogen-bond donors (Lipinski definition) is 1. The van der Waals surface area contributed by atoms with E-state index in [2.05, 4.69) is 24.9 Å². The van der Waals surface area contributed by atoms with Crippen LogP contribution < -0.4 is 14.2 Å². The highest BCUT2D eigenvalue weighted by molar-refractivity contribution is 7.93. The summed E-state index contributed by atoms with van der Waals surface area (Å²) in [6, 6.07) is 5.23. The molecule has 2 unspecified atom stereocenters. The quantitative estimate of drug-likeness (QED) is 0.413. The summed E-state index contributed by atoms with van der Waals surface area (Å²) in [7, 11) is 0.641. The van der Waals surface area contributed by atoms with Crippen LogP contribution in [-0.4, -0.2) is 66.3 Å². The Morgan fingerprint density at radius 2 is 1.68 bits per heavy atom. The van der Waals surface area contributed by atoms with E-state index in [9.17, 15) is 8.42 Å². The fourth-order valence-corrected chi connectivity index (χ4v) is 4.61. The molecule has 184 valence electrons. The van der Waals surface area contributed by atoms with Crippen LogP contribution in [0.1, 0.15) is 31.4 Å². The van der Waals surface area contributed by atoms with Crippen molar-refractivity contribution in [2.45, 2.75) is 31.4 Å². The van der Waals surface area contributed by atoms with Crippen molar-refractivity contribution in [2.24, 2.45) is 0 Å². The van der Waals surface area contributed by atoms with Gasteiger partial charge in [0.2, 0.25) is 16.0 Å². The third-order valence-electron chi connectivity index (χ3n) is 5.36. The fourth-order valence-electron chi connectivity index (χ4n) is 3.28. The molecule has 3 rings (SSSR count). The van der Waals surface area contributed by atoms with Gasteiger partial charge in [0.1, 0.15) is 28.8 Å². The molecule has 0 saturated carbocycles. The van der Waals surface area contributed by atoms with E-state index in [1.165, 1.54) is 26.6 Å². The maximum atomic E-state index is 13.3. The highest BCUT2D eigenvalue weighted by Gasteiger charge is 2.32. The van der Waals surface area contributed by atoms with E-state index >= 15 is 0 Å². The number of benzene rings is 1. The Hall–Kier alpha value is -2.96. The molecule has 34 heavy (non-hydrogen) atoms. The summed E-state index contributed by atoms with van der Waals surface area (Å²) in [6.45, 7) is 3.65. The summed E-state index contributed by atoms with van der Waals surface area (Å²) in [5.41, 5.74) is 0.461. The first-order valence-corrected chi connectivity index (χ1v) is 12.3. The van der Waals surface area contributed by atoms with Gasteiger partial charge in [-0.05, 0) is 19.1 Å². The van der Waals surface area contributed by atoms with Gasteiger partial charge in [-0.1, -0.05) is 24.6 Å². The zero-order chi connectivity index (χ0) is 24.9. The molecule has 0 radical (unpaired) electrons. The maximum Gasteiger partial charge on any atom is 0.243 e. The van der Waals surface area contributed by atoms with E-state index in [1.54, 1.807) is 43.7 Å². The zero-order valence-corrected chi connectivity index (χ0v) is 21.1. The molecule has 1 N–H and O–H groups in total. The lowest BCUT2D eigenvalue weighted by Gasteiger charge is -2.21. The number of sulfonamides is 1. The van der Waals surface area contributed by atoms with E-state index < -0.39 is 21.2 Å². The molecule has 0 fully saturated rings. The number of halogens is 1. The molecule has 0 aliphatic carbocycles. The second kappa shape index (κ2) is 11.0. The second-order valence-corrected chi connectivity index (χ2v) is 9.90. The predicted molar refractivity (Wildman–Crippen MR) is 128 cm³/mol. The number of nitrogens with one attached hydrogen (secondary N) is 1. The van der Waals surface area contributed by atoms with Gasteiger partial charge in [0.05, 0.1) is 31.1 Å². The van der Waals surface area contributed by atoms with Crippen molar-refractivity contribution in [1.82, 2.24) is 24.7 Å². The third kappa shape index (κ3) is 5.40. The SMILES string of the molecule is COCCc1nnc(NS(=O)(=O)C(C)C(C)c2ncc(Cl)cn2)n1-c1c(OC)cccc1OC. The van der Waals surface area contributed by atoms with Gasteiger partial charge in [-0.25, -0.2) is 18.4 Å². The van der Waals surface area contributed by atoms with Crippen LogP contribution in [0, 0.1) is 0 Å². The van der Waals surface area contributed by atoms with Crippen LogP contribution in [0.5, 0.6) is 11.5 Å². The molecule has 11 nitrogen and oxygen atoms in total. The Kier molecular flexibility index (Phi) is 8.28. The number of para-hydroxylation sites is 1. The summed E-state index contributed by atoms with van der Waals surface area (Å²) in [5.74, 6) is 1.19. The van der Waals surface area contributed by atoms with E-state index in [0.717, 1.165) is 0 Å². The van der Waals surface area contributed by atoms with Gasteiger partial charge in [-0.3, -0.25) is 9.29 Å². The number of rotatable bonds is 11. The van der Waals surface area contributed by atoms with Crippen LogP contribution >= 0.6 is 11.6 Å². The molecule has 0 spiro atoms. The van der Waals surface area contributed by atoms with Gasteiger partial charge in [0, 0.05) is 31.8 Å². The Labute approximate surface area is 203 Å². The maximum absolute atomic E-state index is 13.3. The summed E-state index contributed by atoms with van der Waals surface area (Å²) in [5, 5.41) is 7.77. The van der Waals surface area contributed by atoms with Crippen LogP contribution in [0.3, 0.4) is 0 Å². The Bertz CT molecular complexity index is 1200. The molecule has 0 bridgehead atoms. The molecule has 1 aromatic carbocycles. The first-order valence-electron chi connectivity index (χ1n) is 10.4. The van der Waals surface area contributed by atoms with Crippen molar-refractivity contribution < 1.29 is 22.6 Å². The lowest BCUT2D eigenvalue weighted by Crippen LogP contribution is -2.31. The monoisotopic (exact) mass is 510 g/mol. The van der Waals surface area contributed by atoms with Crippen molar-refractivity contribution in [3.8, 4) is 17.2 Å².